The number of hydrogen-bond acceptors (Lipinski definition) is 3. The number of benzene rings is 10. The van der Waals surface area contributed by atoms with Gasteiger partial charge >= 0.3 is 0 Å². The first-order chi connectivity index (χ1) is 37.6. The third kappa shape index (κ3) is 7.90. The molecule has 79 heavy (non-hydrogen) atoms. The standard InChI is InChI=1S/C76H67NO2/c1-73(2,3)47-37-45(38-48(42-47)74(4,5)6)63-67-57-31-21-29-53-44(41-61-71(78)54-27-19-20-28-55(54)72(61)79)33-34-59(65(53)57)69(67)64(46-39-49(75(7,8)9)43-50(40-46)76(10,11)12)70-60-35-36-62(56-30-22-32-58(66(56)60)68(63)70)77(51-23-15-13-16-24-51)52-25-17-14-18-26-52/h13-43H,1-12H3. The summed E-state index contributed by atoms with van der Waals surface area (Å²) in [6.45, 7) is 28.0. The van der Waals surface area contributed by atoms with Crippen molar-refractivity contribution in [1.29, 1.82) is 0 Å². The van der Waals surface area contributed by atoms with Gasteiger partial charge in [0.25, 0.3) is 0 Å². The number of Topliss-reactive ketones (excluding diaryl/α,β-unsaturated/α-hetero) is 2. The lowest BCUT2D eigenvalue weighted by atomic mass is 9.76. The first-order valence-corrected chi connectivity index (χ1v) is 28.1. The van der Waals surface area contributed by atoms with Crippen LogP contribution >= 0.6 is 0 Å². The zero-order valence-corrected chi connectivity index (χ0v) is 47.7. The van der Waals surface area contributed by atoms with Crippen LogP contribution in [0.15, 0.2) is 188 Å². The van der Waals surface area contributed by atoms with Gasteiger partial charge in [-0.25, -0.2) is 0 Å². The smallest absolute Gasteiger partial charge is 0.197 e. The van der Waals surface area contributed by atoms with Crippen LogP contribution in [0.25, 0.3) is 93.0 Å². The Hall–Kier alpha value is -8.40. The normalized spacial score (nSPS) is 13.6. The summed E-state index contributed by atoms with van der Waals surface area (Å²) in [7, 11) is 0. The van der Waals surface area contributed by atoms with E-state index in [0.29, 0.717) is 11.1 Å². The topological polar surface area (TPSA) is 37.4 Å². The molecule has 1 aliphatic carbocycles. The lowest BCUT2D eigenvalue weighted by Crippen LogP contribution is -2.16. The molecule has 12 aromatic rings. The van der Waals surface area contributed by atoms with Crippen molar-refractivity contribution in [2.24, 2.45) is 0 Å². The van der Waals surface area contributed by atoms with Gasteiger partial charge in [-0.1, -0.05) is 235 Å². The second-order valence-electron chi connectivity index (χ2n) is 26.4. The molecule has 13 rings (SSSR count). The summed E-state index contributed by atoms with van der Waals surface area (Å²) in [5.74, 6) is -0.442. The molecule has 3 heteroatoms. The fraction of sp³-hybridized carbons (Fsp3) is 0.211. The second-order valence-corrected chi connectivity index (χ2v) is 26.4. The molecular formula is C76H67NO2. The SMILES string of the molecule is CC(C)(C)c1cc(-c2c3c4cccc5c(C=C6C(=O)c7ccccc7C6=O)ccc(c3c(-c3cc(C(C)(C)C)cc(C(C)(C)C)c3)c3c6ccc(N(c7ccccc7)c7ccccc7)c7cccc(c23)c76)c54)cc(C(C)(C)C)c1. The van der Waals surface area contributed by atoms with Gasteiger partial charge in [-0.3, -0.25) is 9.59 Å². The van der Waals surface area contributed by atoms with E-state index in [0.717, 1.165) is 44.2 Å². The van der Waals surface area contributed by atoms with Crippen molar-refractivity contribution in [3.63, 3.8) is 0 Å². The van der Waals surface area contributed by atoms with Crippen molar-refractivity contribution in [2.45, 2.75) is 105 Å². The third-order valence-corrected chi connectivity index (χ3v) is 17.1. The molecular weight excluding hydrogens is 959 g/mol. The van der Waals surface area contributed by atoms with Gasteiger partial charge in [-0.2, -0.15) is 0 Å². The average Bonchev–Trinajstić information content (AvgIpc) is 4.21. The van der Waals surface area contributed by atoms with Crippen molar-refractivity contribution >= 4 is 99.3 Å². The molecule has 0 heterocycles. The number of nitrogens with zero attached hydrogens (tertiary/aromatic N) is 1. The van der Waals surface area contributed by atoms with Gasteiger partial charge in [-0.05, 0) is 167 Å². The zero-order valence-electron chi connectivity index (χ0n) is 47.7. The maximum atomic E-state index is 14.1. The summed E-state index contributed by atoms with van der Waals surface area (Å²) in [6.07, 6.45) is 1.85. The summed E-state index contributed by atoms with van der Waals surface area (Å²) in [6, 6.07) is 66.4. The molecule has 0 aromatic heterocycles. The van der Waals surface area contributed by atoms with E-state index in [1.807, 2.05) is 18.2 Å². The summed E-state index contributed by atoms with van der Waals surface area (Å²) >= 11 is 0. The molecule has 388 valence electrons. The molecule has 3 nitrogen and oxygen atoms in total. The highest BCUT2D eigenvalue weighted by Crippen LogP contribution is 2.58. The first-order valence-electron chi connectivity index (χ1n) is 28.1. The van der Waals surface area contributed by atoms with Crippen LogP contribution in [0.4, 0.5) is 17.1 Å². The molecule has 0 saturated carbocycles. The van der Waals surface area contributed by atoms with Gasteiger partial charge in [0, 0.05) is 27.9 Å². The Morgan fingerprint density at radius 1 is 0.329 bits per heavy atom. The highest BCUT2D eigenvalue weighted by molar-refractivity contribution is 6.47. The van der Waals surface area contributed by atoms with Gasteiger partial charge in [0.1, 0.15) is 0 Å². The zero-order chi connectivity index (χ0) is 55.2. The van der Waals surface area contributed by atoms with E-state index >= 15 is 0 Å². The first kappa shape index (κ1) is 50.1. The van der Waals surface area contributed by atoms with E-state index in [2.05, 4.69) is 246 Å². The molecule has 0 saturated heterocycles. The van der Waals surface area contributed by atoms with Crippen LogP contribution < -0.4 is 4.90 Å². The summed E-state index contributed by atoms with van der Waals surface area (Å²) in [5, 5.41) is 14.2. The van der Waals surface area contributed by atoms with Gasteiger partial charge in [0.2, 0.25) is 0 Å². The van der Waals surface area contributed by atoms with Gasteiger partial charge < -0.3 is 4.90 Å². The van der Waals surface area contributed by atoms with E-state index in [9.17, 15) is 9.59 Å². The predicted octanol–water partition coefficient (Wildman–Crippen LogP) is 20.9. The van der Waals surface area contributed by atoms with Gasteiger partial charge in [0.15, 0.2) is 11.6 Å². The van der Waals surface area contributed by atoms with Crippen molar-refractivity contribution < 1.29 is 9.59 Å². The molecule has 0 spiro atoms. The number of allylic oxidation sites excluding steroid dienone is 1. The molecule has 1 aliphatic rings. The Morgan fingerprint density at radius 3 is 1.10 bits per heavy atom. The van der Waals surface area contributed by atoms with E-state index in [4.69, 9.17) is 0 Å². The fourth-order valence-corrected chi connectivity index (χ4v) is 12.8. The molecule has 0 bridgehead atoms. The quantitative estimate of drug-likeness (QED) is 0.123. The fourth-order valence-electron chi connectivity index (χ4n) is 12.8. The van der Waals surface area contributed by atoms with Crippen LogP contribution in [0.2, 0.25) is 0 Å². The van der Waals surface area contributed by atoms with Crippen LogP contribution in [0.5, 0.6) is 0 Å². The Bertz CT molecular complexity index is 4250. The van der Waals surface area contributed by atoms with Gasteiger partial charge in [-0.15, -0.1) is 0 Å². The average molecular weight is 1030 g/mol. The summed E-state index contributed by atoms with van der Waals surface area (Å²) in [5.41, 5.74) is 14.8. The minimum atomic E-state index is -0.221. The number of anilines is 3. The lowest BCUT2D eigenvalue weighted by Gasteiger charge is -2.28. The predicted molar refractivity (Wildman–Crippen MR) is 337 cm³/mol. The maximum absolute atomic E-state index is 14.1. The summed E-state index contributed by atoms with van der Waals surface area (Å²) in [4.78, 5) is 30.6. The van der Waals surface area contributed by atoms with E-state index in [1.165, 1.54) is 87.6 Å². The molecule has 0 aliphatic heterocycles. The second kappa shape index (κ2) is 17.6. The monoisotopic (exact) mass is 1030 g/mol. The number of para-hydroxylation sites is 2. The number of hydrogen-bond donors (Lipinski definition) is 0. The molecule has 0 fully saturated rings. The van der Waals surface area contributed by atoms with Crippen LogP contribution in [0.1, 0.15) is 132 Å². The van der Waals surface area contributed by atoms with E-state index in [-0.39, 0.29) is 38.8 Å². The minimum Gasteiger partial charge on any atom is -0.310 e. The third-order valence-electron chi connectivity index (χ3n) is 17.1. The summed E-state index contributed by atoms with van der Waals surface area (Å²) < 4.78 is 0. The Morgan fingerprint density at radius 2 is 0.684 bits per heavy atom. The van der Waals surface area contributed by atoms with Crippen molar-refractivity contribution in [1.82, 2.24) is 0 Å². The van der Waals surface area contributed by atoms with E-state index < -0.39 is 0 Å². The molecule has 0 atom stereocenters. The Kier molecular flexibility index (Phi) is 11.1. The highest BCUT2D eigenvalue weighted by Gasteiger charge is 2.35. The van der Waals surface area contributed by atoms with Crippen molar-refractivity contribution in [3.8, 4) is 22.3 Å². The number of carbonyl (C=O) groups is 2. The Balaban J connectivity index is 1.27. The molecule has 12 aromatic carbocycles. The minimum absolute atomic E-state index is 0.143. The number of rotatable bonds is 6. The number of ketones is 2. The maximum Gasteiger partial charge on any atom is 0.197 e. The largest absolute Gasteiger partial charge is 0.310 e. The van der Waals surface area contributed by atoms with E-state index in [1.54, 1.807) is 12.1 Å². The number of fused-ring (bicyclic) bond motifs is 7. The van der Waals surface area contributed by atoms with Gasteiger partial charge in [0.05, 0.1) is 11.3 Å². The number of carbonyl (C=O) groups excluding carboxylic acids is 2. The van der Waals surface area contributed by atoms with Crippen LogP contribution in [0.3, 0.4) is 0 Å². The molecule has 0 unspecified atom stereocenters. The molecule has 0 radical (unpaired) electrons. The van der Waals surface area contributed by atoms with Crippen LogP contribution in [0, 0.1) is 0 Å². The van der Waals surface area contributed by atoms with Crippen LogP contribution in [-0.2, 0) is 21.7 Å². The molecule has 0 N–H and O–H groups in total. The molecule has 0 amide bonds. The lowest BCUT2D eigenvalue weighted by molar-refractivity contribution is 0.0990. The van der Waals surface area contributed by atoms with Crippen LogP contribution in [-0.4, -0.2) is 11.6 Å². The van der Waals surface area contributed by atoms with Crippen molar-refractivity contribution in [3.05, 3.63) is 227 Å². The van der Waals surface area contributed by atoms with Crippen molar-refractivity contribution in [2.75, 3.05) is 4.90 Å². The Labute approximate surface area is 464 Å². The highest BCUT2D eigenvalue weighted by atomic mass is 16.2.